The molecule has 0 atom stereocenters. The maximum absolute atomic E-state index is 12.5. The third-order valence-corrected chi connectivity index (χ3v) is 6.17. The van der Waals surface area contributed by atoms with Gasteiger partial charge in [0, 0.05) is 26.9 Å². The van der Waals surface area contributed by atoms with Crippen LogP contribution < -0.4 is 5.63 Å². The number of rotatable bonds is 4. The molecule has 154 valence electrons. The molecule has 2 aromatic carbocycles. The number of nitrogens with zero attached hydrogens (tertiary/aromatic N) is 2. The predicted octanol–water partition coefficient (Wildman–Crippen LogP) is 7.00. The van der Waals surface area contributed by atoms with Crippen molar-refractivity contribution in [2.45, 2.75) is 0 Å². The van der Waals surface area contributed by atoms with Crippen LogP contribution in [0.15, 0.2) is 90.2 Å². The minimum absolute atomic E-state index is 0.347. The van der Waals surface area contributed by atoms with E-state index in [2.05, 4.69) is 27.0 Å². The molecule has 0 unspecified atom stereocenters. The summed E-state index contributed by atoms with van der Waals surface area (Å²) in [7, 11) is 0. The van der Waals surface area contributed by atoms with Crippen LogP contribution in [0.2, 0.25) is 0 Å². The minimum atomic E-state index is -0.474. The van der Waals surface area contributed by atoms with E-state index in [4.69, 9.17) is 8.83 Å². The van der Waals surface area contributed by atoms with Gasteiger partial charge in [0.25, 0.3) is 0 Å². The monoisotopic (exact) mass is 500 g/mol. The van der Waals surface area contributed by atoms with Crippen molar-refractivity contribution >= 4 is 49.9 Å². The van der Waals surface area contributed by atoms with Gasteiger partial charge in [-0.25, -0.2) is 9.78 Å². The number of fused-ring (bicyclic) bond motifs is 1. The first kappa shape index (κ1) is 20.2. The van der Waals surface area contributed by atoms with Crippen LogP contribution in [0.1, 0.15) is 10.8 Å². The van der Waals surface area contributed by atoms with E-state index in [9.17, 15) is 10.1 Å². The molecule has 0 aliphatic carbocycles. The zero-order valence-corrected chi connectivity index (χ0v) is 18.8. The Morgan fingerprint density at radius 1 is 1.06 bits per heavy atom. The second-order valence-electron chi connectivity index (χ2n) is 6.91. The summed E-state index contributed by atoms with van der Waals surface area (Å²) in [6.45, 7) is 0. The van der Waals surface area contributed by atoms with Crippen molar-refractivity contribution in [3.05, 3.63) is 97.8 Å². The van der Waals surface area contributed by atoms with E-state index in [1.54, 1.807) is 23.6 Å². The molecule has 0 radical (unpaired) electrons. The number of benzene rings is 2. The van der Waals surface area contributed by atoms with E-state index in [0.717, 1.165) is 15.4 Å². The topological polar surface area (TPSA) is 80.0 Å². The zero-order chi connectivity index (χ0) is 22.1. The highest BCUT2D eigenvalue weighted by atomic mass is 79.9. The third-order valence-electron chi connectivity index (χ3n) is 4.80. The summed E-state index contributed by atoms with van der Waals surface area (Å²) < 4.78 is 12.2. The first-order valence-corrected chi connectivity index (χ1v) is 11.2. The van der Waals surface area contributed by atoms with E-state index in [-0.39, 0.29) is 0 Å². The molecule has 0 aliphatic rings. The highest BCUT2D eigenvalue weighted by Gasteiger charge is 2.15. The molecule has 0 saturated carbocycles. The molecule has 0 N–H and O–H groups in total. The zero-order valence-electron chi connectivity index (χ0n) is 16.4. The average Bonchev–Trinajstić information content (AvgIpc) is 3.48. The van der Waals surface area contributed by atoms with Gasteiger partial charge in [0.1, 0.15) is 28.2 Å². The predicted molar refractivity (Wildman–Crippen MR) is 129 cm³/mol. The van der Waals surface area contributed by atoms with Crippen molar-refractivity contribution < 1.29 is 8.83 Å². The molecular formula is C25H13BrN2O3S. The lowest BCUT2D eigenvalue weighted by Gasteiger charge is -2.00. The number of thiazole rings is 1. The molecule has 0 bridgehead atoms. The quantitative estimate of drug-likeness (QED) is 0.196. The largest absolute Gasteiger partial charge is 0.457 e. The number of nitriles is 1. The molecule has 7 heteroatoms. The normalized spacial score (nSPS) is 11.6. The third kappa shape index (κ3) is 3.94. The van der Waals surface area contributed by atoms with Crippen LogP contribution in [0.3, 0.4) is 0 Å². The number of allylic oxidation sites excluding steroid dienone is 1. The van der Waals surface area contributed by atoms with Gasteiger partial charge in [-0.2, -0.15) is 5.26 Å². The Labute approximate surface area is 195 Å². The molecule has 0 spiro atoms. The maximum atomic E-state index is 12.5. The lowest BCUT2D eigenvalue weighted by Crippen LogP contribution is -2.02. The maximum Gasteiger partial charge on any atom is 0.345 e. The fourth-order valence-electron chi connectivity index (χ4n) is 3.27. The lowest BCUT2D eigenvalue weighted by molar-refractivity contribution is 0.563. The first-order valence-electron chi connectivity index (χ1n) is 9.57. The number of furan rings is 1. The molecule has 3 aromatic heterocycles. The van der Waals surface area contributed by atoms with E-state index in [1.165, 1.54) is 11.3 Å². The van der Waals surface area contributed by atoms with Gasteiger partial charge in [-0.3, -0.25) is 0 Å². The Balaban J connectivity index is 1.49. The Morgan fingerprint density at radius 2 is 1.91 bits per heavy atom. The summed E-state index contributed by atoms with van der Waals surface area (Å²) in [6, 6.07) is 22.7. The Hall–Kier alpha value is -3.73. The molecule has 5 aromatic rings. The van der Waals surface area contributed by atoms with Crippen LogP contribution >= 0.6 is 27.3 Å². The van der Waals surface area contributed by atoms with Crippen molar-refractivity contribution in [2.75, 3.05) is 0 Å². The lowest BCUT2D eigenvalue weighted by atomic mass is 10.1. The highest BCUT2D eigenvalue weighted by Crippen LogP contribution is 2.29. The standard InChI is InChI=1S/C25H13BrN2O3S/c26-18-6-8-23-16(10-18)12-20(25(29)31-23)21-14-32-24(28-21)17(13-27)11-19-7-9-22(30-19)15-4-2-1-3-5-15/h1-12,14H/b17-11+. The summed E-state index contributed by atoms with van der Waals surface area (Å²) in [6.07, 6.45) is 1.65. The van der Waals surface area contributed by atoms with Gasteiger partial charge < -0.3 is 8.83 Å². The Morgan fingerprint density at radius 3 is 2.72 bits per heavy atom. The molecule has 3 heterocycles. The number of hydrogen-bond acceptors (Lipinski definition) is 6. The summed E-state index contributed by atoms with van der Waals surface area (Å²) in [5.74, 6) is 1.26. The Kier molecular flexibility index (Phi) is 5.31. The van der Waals surface area contributed by atoms with Crippen LogP contribution in [0.5, 0.6) is 0 Å². The molecule has 32 heavy (non-hydrogen) atoms. The summed E-state index contributed by atoms with van der Waals surface area (Å²) in [4.78, 5) is 17.0. The summed E-state index contributed by atoms with van der Waals surface area (Å²) in [5.41, 5.74) is 2.14. The van der Waals surface area contributed by atoms with Crippen LogP contribution in [0, 0.1) is 11.3 Å². The second-order valence-corrected chi connectivity index (χ2v) is 8.68. The number of aromatic nitrogens is 1. The van der Waals surface area contributed by atoms with Crippen molar-refractivity contribution in [1.29, 1.82) is 5.26 Å². The van der Waals surface area contributed by atoms with Crippen molar-refractivity contribution in [3.8, 4) is 28.7 Å². The van der Waals surface area contributed by atoms with Gasteiger partial charge in [0.2, 0.25) is 0 Å². The van der Waals surface area contributed by atoms with Crippen molar-refractivity contribution in [3.63, 3.8) is 0 Å². The number of halogens is 1. The fourth-order valence-corrected chi connectivity index (χ4v) is 4.43. The number of hydrogen-bond donors (Lipinski definition) is 0. The van der Waals surface area contributed by atoms with Gasteiger partial charge in [-0.15, -0.1) is 11.3 Å². The summed E-state index contributed by atoms with van der Waals surface area (Å²) in [5, 5.41) is 12.7. The molecule has 0 aliphatic heterocycles. The van der Waals surface area contributed by atoms with E-state index >= 15 is 0 Å². The SMILES string of the molecule is N#C/C(=C\c1ccc(-c2ccccc2)o1)c1nc(-c2cc3cc(Br)ccc3oc2=O)cs1. The highest BCUT2D eigenvalue weighted by molar-refractivity contribution is 9.10. The summed E-state index contributed by atoms with van der Waals surface area (Å²) >= 11 is 4.71. The molecule has 0 amide bonds. The van der Waals surface area contributed by atoms with Gasteiger partial charge in [-0.1, -0.05) is 46.3 Å². The average molecular weight is 501 g/mol. The minimum Gasteiger partial charge on any atom is -0.457 e. The Bertz CT molecular complexity index is 1570. The van der Waals surface area contributed by atoms with Crippen LogP contribution in [-0.2, 0) is 0 Å². The van der Waals surface area contributed by atoms with Gasteiger partial charge in [0.15, 0.2) is 0 Å². The fraction of sp³-hybridized carbons (Fsp3) is 0. The van der Waals surface area contributed by atoms with Gasteiger partial charge in [0.05, 0.1) is 16.8 Å². The molecule has 5 rings (SSSR count). The molecule has 5 nitrogen and oxygen atoms in total. The van der Waals surface area contributed by atoms with Crippen LogP contribution in [0.25, 0.3) is 45.2 Å². The smallest absolute Gasteiger partial charge is 0.345 e. The van der Waals surface area contributed by atoms with Crippen LogP contribution in [-0.4, -0.2) is 4.98 Å². The van der Waals surface area contributed by atoms with Gasteiger partial charge in [-0.05, 0) is 36.4 Å². The molecular weight excluding hydrogens is 488 g/mol. The molecule has 0 saturated heterocycles. The van der Waals surface area contributed by atoms with E-state index in [1.807, 2.05) is 54.6 Å². The van der Waals surface area contributed by atoms with Crippen molar-refractivity contribution in [2.24, 2.45) is 0 Å². The second kappa shape index (κ2) is 8.42. The first-order chi connectivity index (χ1) is 15.6. The van der Waals surface area contributed by atoms with Crippen molar-refractivity contribution in [1.82, 2.24) is 4.98 Å². The van der Waals surface area contributed by atoms with Gasteiger partial charge >= 0.3 is 5.63 Å². The van der Waals surface area contributed by atoms with E-state index < -0.39 is 5.63 Å². The van der Waals surface area contributed by atoms with Crippen LogP contribution in [0.4, 0.5) is 0 Å². The van der Waals surface area contributed by atoms with E-state index in [0.29, 0.717) is 38.9 Å². The molecule has 0 fully saturated rings.